The van der Waals surface area contributed by atoms with Crippen LogP contribution in [0.3, 0.4) is 0 Å². The number of hydrazine groups is 1. The SMILES string of the molecule is CCn1c(NNC(=O)CNC(=O)CNC(=O)c2ccco2)nc2ccccc2c1=O. The molecule has 0 atom stereocenters. The first-order valence-electron chi connectivity index (χ1n) is 9.12. The molecule has 1 aromatic carbocycles. The lowest BCUT2D eigenvalue weighted by Gasteiger charge is -2.14. The van der Waals surface area contributed by atoms with Gasteiger partial charge in [-0.1, -0.05) is 12.1 Å². The topological polar surface area (TPSA) is 147 Å². The van der Waals surface area contributed by atoms with E-state index in [1.54, 1.807) is 37.3 Å². The molecule has 30 heavy (non-hydrogen) atoms. The highest BCUT2D eigenvalue weighted by molar-refractivity contribution is 5.94. The summed E-state index contributed by atoms with van der Waals surface area (Å²) in [5.74, 6) is -1.41. The van der Waals surface area contributed by atoms with Gasteiger partial charge in [0.15, 0.2) is 5.76 Å². The predicted octanol–water partition coefficient (Wildman–Crippen LogP) is -0.00130. The molecule has 0 bridgehead atoms. The van der Waals surface area contributed by atoms with Crippen molar-refractivity contribution in [3.63, 3.8) is 0 Å². The van der Waals surface area contributed by atoms with Crippen LogP contribution < -0.4 is 27.0 Å². The zero-order chi connectivity index (χ0) is 21.5. The molecule has 11 heteroatoms. The number of benzene rings is 1. The number of rotatable bonds is 8. The number of hydrogen-bond donors (Lipinski definition) is 4. The van der Waals surface area contributed by atoms with Gasteiger partial charge >= 0.3 is 0 Å². The molecular formula is C19H20N6O5. The highest BCUT2D eigenvalue weighted by Gasteiger charge is 2.12. The van der Waals surface area contributed by atoms with Crippen LogP contribution >= 0.6 is 0 Å². The van der Waals surface area contributed by atoms with Gasteiger partial charge in [0.05, 0.1) is 30.3 Å². The molecule has 4 N–H and O–H groups in total. The van der Waals surface area contributed by atoms with Gasteiger partial charge in [-0.25, -0.2) is 4.98 Å². The van der Waals surface area contributed by atoms with Crippen molar-refractivity contribution in [3.05, 3.63) is 58.8 Å². The van der Waals surface area contributed by atoms with E-state index in [1.165, 1.54) is 16.9 Å². The average Bonchev–Trinajstić information content (AvgIpc) is 3.30. The van der Waals surface area contributed by atoms with Gasteiger partial charge < -0.3 is 15.1 Å². The zero-order valence-electron chi connectivity index (χ0n) is 16.1. The van der Waals surface area contributed by atoms with Crippen LogP contribution in [0.1, 0.15) is 17.5 Å². The third kappa shape index (κ3) is 4.82. The van der Waals surface area contributed by atoms with Crippen LogP contribution in [0.5, 0.6) is 0 Å². The maximum atomic E-state index is 12.5. The van der Waals surface area contributed by atoms with Crippen LogP contribution in [0.2, 0.25) is 0 Å². The molecule has 0 aliphatic heterocycles. The van der Waals surface area contributed by atoms with E-state index in [9.17, 15) is 19.2 Å². The second kappa shape index (κ2) is 9.37. The number of fused-ring (bicyclic) bond motifs is 1. The monoisotopic (exact) mass is 412 g/mol. The first-order valence-corrected chi connectivity index (χ1v) is 9.12. The van der Waals surface area contributed by atoms with E-state index < -0.39 is 17.7 Å². The molecule has 0 unspecified atom stereocenters. The molecule has 156 valence electrons. The average molecular weight is 412 g/mol. The Bertz CT molecular complexity index is 1120. The van der Waals surface area contributed by atoms with Gasteiger partial charge in [0, 0.05) is 6.54 Å². The van der Waals surface area contributed by atoms with Crippen LogP contribution in [0.4, 0.5) is 5.95 Å². The molecule has 0 radical (unpaired) electrons. The summed E-state index contributed by atoms with van der Waals surface area (Å²) in [7, 11) is 0. The predicted molar refractivity (Wildman–Crippen MR) is 107 cm³/mol. The molecule has 0 saturated heterocycles. The number of carbonyl (C=O) groups excluding carboxylic acids is 3. The molecule has 3 amide bonds. The van der Waals surface area contributed by atoms with E-state index in [4.69, 9.17) is 4.42 Å². The number of nitrogens with one attached hydrogen (secondary N) is 4. The van der Waals surface area contributed by atoms with Crippen LogP contribution in [0, 0.1) is 0 Å². The summed E-state index contributed by atoms with van der Waals surface area (Å²) >= 11 is 0. The molecular weight excluding hydrogens is 392 g/mol. The van der Waals surface area contributed by atoms with Gasteiger partial charge in [0.1, 0.15) is 0 Å². The third-order valence-electron chi connectivity index (χ3n) is 4.09. The Kier molecular flexibility index (Phi) is 6.42. The fraction of sp³-hybridized carbons (Fsp3) is 0.211. The Morgan fingerprint density at radius 2 is 1.80 bits per heavy atom. The van der Waals surface area contributed by atoms with Crippen molar-refractivity contribution >= 4 is 34.6 Å². The number of anilines is 1. The second-order valence-corrected chi connectivity index (χ2v) is 6.11. The molecule has 3 rings (SSSR count). The smallest absolute Gasteiger partial charge is 0.287 e. The number of carbonyl (C=O) groups is 3. The van der Waals surface area contributed by atoms with Crippen molar-refractivity contribution in [2.75, 3.05) is 18.5 Å². The molecule has 11 nitrogen and oxygen atoms in total. The lowest BCUT2D eigenvalue weighted by atomic mass is 10.2. The fourth-order valence-corrected chi connectivity index (χ4v) is 2.62. The summed E-state index contributed by atoms with van der Waals surface area (Å²) in [6, 6.07) is 9.89. The number of hydrogen-bond acceptors (Lipinski definition) is 7. The summed E-state index contributed by atoms with van der Waals surface area (Å²) in [6.07, 6.45) is 1.34. The molecule has 0 aliphatic rings. The van der Waals surface area contributed by atoms with Crippen molar-refractivity contribution in [1.82, 2.24) is 25.6 Å². The van der Waals surface area contributed by atoms with Gasteiger partial charge in [-0.3, -0.25) is 34.6 Å². The Morgan fingerprint density at radius 1 is 1.03 bits per heavy atom. The van der Waals surface area contributed by atoms with E-state index in [0.29, 0.717) is 17.4 Å². The Morgan fingerprint density at radius 3 is 2.53 bits per heavy atom. The lowest BCUT2D eigenvalue weighted by Crippen LogP contribution is -2.44. The summed E-state index contributed by atoms with van der Waals surface area (Å²) < 4.78 is 6.29. The van der Waals surface area contributed by atoms with Gasteiger partial charge in [-0.05, 0) is 31.2 Å². The normalized spacial score (nSPS) is 10.4. The molecule has 2 heterocycles. The standard InChI is InChI=1S/C19H20N6O5/c1-2-25-18(29)12-6-3-4-7-13(12)22-19(25)24-23-16(27)11-20-15(26)10-21-17(28)14-8-5-9-30-14/h3-9H,2,10-11H2,1H3,(H,20,26)(H,21,28)(H,22,24)(H,23,27). The van der Waals surface area contributed by atoms with E-state index >= 15 is 0 Å². The number of furan rings is 1. The van der Waals surface area contributed by atoms with Crippen molar-refractivity contribution < 1.29 is 18.8 Å². The number of nitrogens with zero attached hydrogens (tertiary/aromatic N) is 2. The maximum Gasteiger partial charge on any atom is 0.287 e. The quantitative estimate of drug-likeness (QED) is 0.381. The third-order valence-corrected chi connectivity index (χ3v) is 4.09. The number of amides is 3. The highest BCUT2D eigenvalue weighted by atomic mass is 16.3. The van der Waals surface area contributed by atoms with Gasteiger partial charge in [-0.15, -0.1) is 0 Å². The first-order chi connectivity index (χ1) is 14.5. The zero-order valence-corrected chi connectivity index (χ0v) is 16.1. The van der Waals surface area contributed by atoms with E-state index in [-0.39, 0.29) is 30.4 Å². The Balaban J connectivity index is 1.50. The van der Waals surface area contributed by atoms with Crippen LogP contribution in [0.25, 0.3) is 10.9 Å². The van der Waals surface area contributed by atoms with Gasteiger partial charge in [0.2, 0.25) is 11.9 Å². The van der Waals surface area contributed by atoms with Crippen molar-refractivity contribution in [2.24, 2.45) is 0 Å². The number of para-hydroxylation sites is 1. The first kappa shape index (κ1) is 20.6. The second-order valence-electron chi connectivity index (χ2n) is 6.11. The van der Waals surface area contributed by atoms with Crippen molar-refractivity contribution in [2.45, 2.75) is 13.5 Å². The molecule has 0 aliphatic carbocycles. The lowest BCUT2D eigenvalue weighted by molar-refractivity contribution is -0.125. The summed E-state index contributed by atoms with van der Waals surface area (Å²) in [6.45, 7) is 1.47. The summed E-state index contributed by atoms with van der Waals surface area (Å²) in [5, 5.41) is 5.20. The summed E-state index contributed by atoms with van der Waals surface area (Å²) in [4.78, 5) is 52.3. The largest absolute Gasteiger partial charge is 0.459 e. The highest BCUT2D eigenvalue weighted by Crippen LogP contribution is 2.10. The molecule has 0 fully saturated rings. The Hall–Kier alpha value is -4.15. The van der Waals surface area contributed by atoms with Crippen LogP contribution in [0.15, 0.2) is 51.9 Å². The van der Waals surface area contributed by atoms with E-state index in [0.717, 1.165) is 0 Å². The van der Waals surface area contributed by atoms with Crippen LogP contribution in [-0.4, -0.2) is 40.4 Å². The Labute approximate surface area is 170 Å². The van der Waals surface area contributed by atoms with Crippen molar-refractivity contribution in [1.29, 1.82) is 0 Å². The van der Waals surface area contributed by atoms with Crippen molar-refractivity contribution in [3.8, 4) is 0 Å². The molecule has 0 spiro atoms. The van der Waals surface area contributed by atoms with E-state index in [1.807, 2.05) is 0 Å². The molecule has 3 aromatic rings. The van der Waals surface area contributed by atoms with Gasteiger partial charge in [-0.2, -0.15) is 0 Å². The number of aromatic nitrogens is 2. The minimum Gasteiger partial charge on any atom is -0.459 e. The maximum absolute atomic E-state index is 12.5. The summed E-state index contributed by atoms with van der Waals surface area (Å²) in [5.41, 5.74) is 5.24. The van der Waals surface area contributed by atoms with E-state index in [2.05, 4.69) is 26.5 Å². The minimum absolute atomic E-state index is 0.0783. The van der Waals surface area contributed by atoms with Crippen LogP contribution in [-0.2, 0) is 16.1 Å². The minimum atomic E-state index is -0.564. The molecule has 2 aromatic heterocycles. The van der Waals surface area contributed by atoms with Gasteiger partial charge in [0.25, 0.3) is 17.4 Å². The fourth-order valence-electron chi connectivity index (χ4n) is 2.62. The molecule has 0 saturated carbocycles.